The summed E-state index contributed by atoms with van der Waals surface area (Å²) in [7, 11) is 0. The van der Waals surface area contributed by atoms with E-state index < -0.39 is 0 Å². The highest BCUT2D eigenvalue weighted by atomic mass is 16.3. The summed E-state index contributed by atoms with van der Waals surface area (Å²) in [6.07, 6.45) is 0. The molecule has 0 aliphatic carbocycles. The van der Waals surface area contributed by atoms with Gasteiger partial charge >= 0.3 is 0 Å². The molecule has 1 rings (SSSR count). The van der Waals surface area contributed by atoms with Crippen molar-refractivity contribution in [2.75, 3.05) is 19.7 Å². The monoisotopic (exact) mass is 157 g/mol. The minimum atomic E-state index is -0.342. The third-order valence-corrected chi connectivity index (χ3v) is 2.34. The highest BCUT2D eigenvalue weighted by Gasteiger charge is 2.31. The van der Waals surface area contributed by atoms with Gasteiger partial charge in [-0.05, 0) is 11.8 Å². The fraction of sp³-hybridized carbons (Fsp3) is 0.875. The topological polar surface area (TPSA) is 40.5 Å². The van der Waals surface area contributed by atoms with E-state index in [2.05, 4.69) is 13.8 Å². The van der Waals surface area contributed by atoms with Crippen LogP contribution in [0.15, 0.2) is 0 Å². The number of nitrogens with zero attached hydrogens (tertiary/aromatic N) is 1. The average molecular weight is 157 g/mol. The lowest BCUT2D eigenvalue weighted by atomic mass is 9.88. The number of aliphatic hydroxyl groups is 1. The molecule has 1 aliphatic heterocycles. The second-order valence-corrected chi connectivity index (χ2v) is 3.46. The van der Waals surface area contributed by atoms with Crippen LogP contribution in [0.5, 0.6) is 0 Å². The van der Waals surface area contributed by atoms with Crippen molar-refractivity contribution in [3.8, 4) is 0 Å². The summed E-state index contributed by atoms with van der Waals surface area (Å²) in [5, 5.41) is 8.50. The van der Waals surface area contributed by atoms with Gasteiger partial charge in [0.2, 0.25) is 5.91 Å². The molecule has 0 aromatic carbocycles. The summed E-state index contributed by atoms with van der Waals surface area (Å²) in [6.45, 7) is 5.63. The van der Waals surface area contributed by atoms with Gasteiger partial charge < -0.3 is 10.0 Å². The van der Waals surface area contributed by atoms with Crippen LogP contribution >= 0.6 is 0 Å². The van der Waals surface area contributed by atoms with E-state index in [4.69, 9.17) is 5.11 Å². The molecule has 1 N–H and O–H groups in total. The summed E-state index contributed by atoms with van der Waals surface area (Å²) in [5.74, 6) is 1.16. The van der Waals surface area contributed by atoms with Gasteiger partial charge in [0, 0.05) is 13.1 Å². The molecule has 0 saturated carbocycles. The first-order valence-electron chi connectivity index (χ1n) is 4.03. The molecule has 3 nitrogen and oxygen atoms in total. The zero-order valence-electron chi connectivity index (χ0n) is 7.08. The summed E-state index contributed by atoms with van der Waals surface area (Å²) < 4.78 is 0. The molecular formula is C8H15NO2. The van der Waals surface area contributed by atoms with Crippen molar-refractivity contribution in [1.82, 2.24) is 4.90 Å². The first kappa shape index (κ1) is 8.53. The van der Waals surface area contributed by atoms with Gasteiger partial charge in [-0.2, -0.15) is 0 Å². The summed E-state index contributed by atoms with van der Waals surface area (Å²) in [5.41, 5.74) is 0. The van der Waals surface area contributed by atoms with Gasteiger partial charge in [0.1, 0.15) is 6.61 Å². The molecule has 1 heterocycles. The Morgan fingerprint density at radius 2 is 2.18 bits per heavy atom. The van der Waals surface area contributed by atoms with Crippen molar-refractivity contribution in [2.45, 2.75) is 13.8 Å². The fourth-order valence-corrected chi connectivity index (χ4v) is 1.24. The Balaban J connectivity index is 2.24. The molecule has 1 amide bonds. The Hall–Kier alpha value is -0.570. The van der Waals surface area contributed by atoms with E-state index in [9.17, 15) is 4.79 Å². The quantitative estimate of drug-likeness (QED) is 0.617. The molecular weight excluding hydrogens is 142 g/mol. The number of rotatable bonds is 2. The largest absolute Gasteiger partial charge is 0.387 e. The number of likely N-dealkylation sites (tertiary alicyclic amines) is 1. The van der Waals surface area contributed by atoms with Gasteiger partial charge in [-0.3, -0.25) is 4.79 Å². The van der Waals surface area contributed by atoms with Gasteiger partial charge in [-0.1, -0.05) is 13.8 Å². The maximum Gasteiger partial charge on any atom is 0.248 e. The Kier molecular flexibility index (Phi) is 2.49. The number of carbonyl (C=O) groups is 1. The Bertz CT molecular complexity index is 150. The molecule has 1 fully saturated rings. The van der Waals surface area contributed by atoms with Crippen molar-refractivity contribution < 1.29 is 9.90 Å². The molecule has 64 valence electrons. The second kappa shape index (κ2) is 3.22. The Morgan fingerprint density at radius 1 is 1.64 bits per heavy atom. The van der Waals surface area contributed by atoms with Gasteiger partial charge in [-0.25, -0.2) is 0 Å². The highest BCUT2D eigenvalue weighted by Crippen LogP contribution is 2.22. The van der Waals surface area contributed by atoms with E-state index in [-0.39, 0.29) is 12.5 Å². The standard InChI is InChI=1S/C8H15NO2/c1-6(2)7-3-9(4-7)8(11)5-10/h6-7,10H,3-5H2,1-2H3. The lowest BCUT2D eigenvalue weighted by molar-refractivity contribution is -0.141. The minimum Gasteiger partial charge on any atom is -0.387 e. The lowest BCUT2D eigenvalue weighted by Crippen LogP contribution is -2.52. The third kappa shape index (κ3) is 1.71. The van der Waals surface area contributed by atoms with Gasteiger partial charge in [0.05, 0.1) is 0 Å². The number of hydrogen-bond donors (Lipinski definition) is 1. The molecule has 1 saturated heterocycles. The van der Waals surface area contributed by atoms with Crippen molar-refractivity contribution in [2.24, 2.45) is 11.8 Å². The van der Waals surface area contributed by atoms with Crippen LogP contribution in [0.3, 0.4) is 0 Å². The molecule has 3 heteroatoms. The molecule has 1 aliphatic rings. The Labute approximate surface area is 67.0 Å². The summed E-state index contributed by atoms with van der Waals surface area (Å²) in [6, 6.07) is 0. The van der Waals surface area contributed by atoms with Crippen LogP contribution in [0.1, 0.15) is 13.8 Å². The van der Waals surface area contributed by atoms with E-state index in [1.165, 1.54) is 0 Å². The predicted molar refractivity (Wildman–Crippen MR) is 42.0 cm³/mol. The predicted octanol–water partition coefficient (Wildman–Crippen LogP) is 0.0931. The maximum absolute atomic E-state index is 10.8. The van der Waals surface area contributed by atoms with Gasteiger partial charge in [-0.15, -0.1) is 0 Å². The number of carbonyl (C=O) groups excluding carboxylic acids is 1. The molecule has 0 aromatic rings. The fourth-order valence-electron chi connectivity index (χ4n) is 1.24. The van der Waals surface area contributed by atoms with Crippen LogP contribution in [0.4, 0.5) is 0 Å². The van der Waals surface area contributed by atoms with Gasteiger partial charge in [0.25, 0.3) is 0 Å². The van der Waals surface area contributed by atoms with Gasteiger partial charge in [0.15, 0.2) is 0 Å². The van der Waals surface area contributed by atoms with Crippen molar-refractivity contribution in [1.29, 1.82) is 0 Å². The minimum absolute atomic E-state index is 0.137. The van der Waals surface area contributed by atoms with Crippen molar-refractivity contribution >= 4 is 5.91 Å². The number of aliphatic hydroxyl groups excluding tert-OH is 1. The van der Waals surface area contributed by atoms with E-state index in [1.807, 2.05) is 0 Å². The maximum atomic E-state index is 10.8. The van der Waals surface area contributed by atoms with E-state index in [0.29, 0.717) is 11.8 Å². The van der Waals surface area contributed by atoms with Crippen LogP contribution in [-0.4, -0.2) is 35.6 Å². The van der Waals surface area contributed by atoms with Crippen LogP contribution in [0, 0.1) is 11.8 Å². The van der Waals surface area contributed by atoms with E-state index in [1.54, 1.807) is 4.90 Å². The van der Waals surface area contributed by atoms with Crippen LogP contribution in [0.2, 0.25) is 0 Å². The van der Waals surface area contributed by atoms with Crippen molar-refractivity contribution in [3.63, 3.8) is 0 Å². The molecule has 0 bridgehead atoms. The third-order valence-electron chi connectivity index (χ3n) is 2.34. The molecule has 0 spiro atoms. The Morgan fingerprint density at radius 3 is 2.55 bits per heavy atom. The first-order chi connectivity index (χ1) is 5.15. The second-order valence-electron chi connectivity index (χ2n) is 3.46. The normalized spacial score (nSPS) is 18.7. The van der Waals surface area contributed by atoms with E-state index >= 15 is 0 Å². The SMILES string of the molecule is CC(C)C1CN(C(=O)CO)C1. The zero-order valence-corrected chi connectivity index (χ0v) is 7.08. The first-order valence-corrected chi connectivity index (χ1v) is 4.03. The van der Waals surface area contributed by atoms with Crippen molar-refractivity contribution in [3.05, 3.63) is 0 Å². The van der Waals surface area contributed by atoms with E-state index in [0.717, 1.165) is 13.1 Å². The molecule has 0 unspecified atom stereocenters. The summed E-state index contributed by atoms with van der Waals surface area (Å²) >= 11 is 0. The molecule has 11 heavy (non-hydrogen) atoms. The van der Waals surface area contributed by atoms with Crippen LogP contribution in [-0.2, 0) is 4.79 Å². The smallest absolute Gasteiger partial charge is 0.248 e. The lowest BCUT2D eigenvalue weighted by Gasteiger charge is -2.41. The number of amides is 1. The highest BCUT2D eigenvalue weighted by molar-refractivity contribution is 5.77. The molecule has 0 aromatic heterocycles. The molecule has 0 radical (unpaired) electrons. The summed E-state index contributed by atoms with van der Waals surface area (Å²) in [4.78, 5) is 12.5. The average Bonchev–Trinajstić information content (AvgIpc) is 1.83. The van der Waals surface area contributed by atoms with Crippen LogP contribution in [0.25, 0.3) is 0 Å². The number of hydrogen-bond acceptors (Lipinski definition) is 2. The van der Waals surface area contributed by atoms with Crippen LogP contribution < -0.4 is 0 Å². The molecule has 0 atom stereocenters. The zero-order chi connectivity index (χ0) is 8.43.